The molecule has 1 amide bonds. The highest BCUT2D eigenvalue weighted by molar-refractivity contribution is 7.89. The predicted molar refractivity (Wildman–Crippen MR) is 111 cm³/mol. The molecule has 0 aliphatic carbocycles. The molecule has 0 N–H and O–H groups in total. The lowest BCUT2D eigenvalue weighted by Gasteiger charge is -2.28. The molecule has 0 unspecified atom stereocenters. The molecule has 1 fully saturated rings. The summed E-state index contributed by atoms with van der Waals surface area (Å²) < 4.78 is 28.5. The number of nitrogens with zero attached hydrogens (tertiary/aromatic N) is 3. The number of fused-ring (bicyclic) bond motifs is 2. The maximum atomic E-state index is 13.5. The molecule has 1 aromatic heterocycles. The normalized spacial score (nSPS) is 19.6. The molecule has 1 saturated heterocycles. The first-order chi connectivity index (χ1) is 14.1. The first-order valence-corrected chi connectivity index (χ1v) is 11.3. The number of anilines is 1. The van der Waals surface area contributed by atoms with Crippen molar-refractivity contribution in [1.82, 2.24) is 9.29 Å². The Morgan fingerprint density at radius 1 is 1.00 bits per heavy atom. The third kappa shape index (κ3) is 2.92. The first kappa shape index (κ1) is 18.3. The molecule has 6 nitrogen and oxygen atoms in total. The molecule has 148 valence electrons. The minimum Gasteiger partial charge on any atom is -0.310 e. The third-order valence-electron chi connectivity index (χ3n) is 5.82. The van der Waals surface area contributed by atoms with Crippen molar-refractivity contribution in [2.24, 2.45) is 0 Å². The zero-order chi connectivity index (χ0) is 20.0. The summed E-state index contributed by atoms with van der Waals surface area (Å²) in [5, 5.41) is 0.768. The van der Waals surface area contributed by atoms with Crippen molar-refractivity contribution in [3.63, 3.8) is 0 Å². The van der Waals surface area contributed by atoms with Crippen molar-refractivity contribution in [3.05, 3.63) is 66.4 Å². The van der Waals surface area contributed by atoms with Gasteiger partial charge in [0.1, 0.15) is 10.9 Å². The van der Waals surface area contributed by atoms with E-state index in [4.69, 9.17) is 0 Å². The standard InChI is InChI=1S/C22H21N3O3S/c26-22(24-15-12-16-6-1-2-9-18(16)24)19-10-5-14-25(19)29(27,28)20-11-3-7-17-8-4-13-23-21(17)20/h1-4,6-9,11,13,19H,5,10,12,14-15H2/t19-/m0/s1. The number of hydrogen-bond acceptors (Lipinski definition) is 4. The second-order valence-electron chi connectivity index (χ2n) is 7.47. The lowest BCUT2D eigenvalue weighted by Crippen LogP contribution is -2.47. The van der Waals surface area contributed by atoms with Crippen LogP contribution >= 0.6 is 0 Å². The van der Waals surface area contributed by atoms with Gasteiger partial charge in [0.2, 0.25) is 15.9 Å². The molecule has 0 radical (unpaired) electrons. The van der Waals surface area contributed by atoms with E-state index in [1.807, 2.05) is 36.4 Å². The summed E-state index contributed by atoms with van der Waals surface area (Å²) in [6, 6.07) is 15.9. The molecule has 2 aromatic carbocycles. The monoisotopic (exact) mass is 407 g/mol. The maximum Gasteiger partial charge on any atom is 0.245 e. The molecule has 0 spiro atoms. The topological polar surface area (TPSA) is 70.6 Å². The maximum absolute atomic E-state index is 13.5. The van der Waals surface area contributed by atoms with Gasteiger partial charge in [-0.15, -0.1) is 0 Å². The Kier molecular flexibility index (Phi) is 4.37. The lowest BCUT2D eigenvalue weighted by atomic mass is 10.1. The molecule has 2 aliphatic heterocycles. The molecule has 1 atom stereocenters. The minimum absolute atomic E-state index is 0.135. The summed E-state index contributed by atoms with van der Waals surface area (Å²) in [5.41, 5.74) is 2.47. The number of benzene rings is 2. The summed E-state index contributed by atoms with van der Waals surface area (Å²) >= 11 is 0. The molecule has 0 bridgehead atoms. The zero-order valence-corrected chi connectivity index (χ0v) is 16.7. The van der Waals surface area contributed by atoms with Crippen LogP contribution in [0.2, 0.25) is 0 Å². The number of sulfonamides is 1. The zero-order valence-electron chi connectivity index (χ0n) is 15.9. The highest BCUT2D eigenvalue weighted by atomic mass is 32.2. The van der Waals surface area contributed by atoms with Gasteiger partial charge >= 0.3 is 0 Å². The van der Waals surface area contributed by atoms with Crippen LogP contribution in [-0.2, 0) is 21.2 Å². The Labute approximate surface area is 169 Å². The lowest BCUT2D eigenvalue weighted by molar-refractivity contribution is -0.121. The van der Waals surface area contributed by atoms with Crippen LogP contribution in [0.15, 0.2) is 65.7 Å². The highest BCUT2D eigenvalue weighted by Gasteiger charge is 2.43. The van der Waals surface area contributed by atoms with E-state index in [2.05, 4.69) is 4.98 Å². The van der Waals surface area contributed by atoms with Crippen molar-refractivity contribution < 1.29 is 13.2 Å². The summed E-state index contributed by atoms with van der Waals surface area (Å²) in [5.74, 6) is -0.135. The van der Waals surface area contributed by atoms with Crippen LogP contribution in [-0.4, -0.2) is 42.7 Å². The van der Waals surface area contributed by atoms with Gasteiger partial charge in [0, 0.05) is 30.4 Å². The molecule has 0 saturated carbocycles. The van der Waals surface area contributed by atoms with Gasteiger partial charge in [-0.25, -0.2) is 8.42 Å². The van der Waals surface area contributed by atoms with Gasteiger partial charge in [0.15, 0.2) is 0 Å². The Bertz CT molecular complexity index is 1200. The van der Waals surface area contributed by atoms with E-state index >= 15 is 0 Å². The second-order valence-corrected chi connectivity index (χ2v) is 9.33. The molecule has 7 heteroatoms. The van der Waals surface area contributed by atoms with Crippen LogP contribution < -0.4 is 4.90 Å². The summed E-state index contributed by atoms with van der Waals surface area (Å²) in [6.07, 6.45) is 3.60. The molecule has 5 rings (SSSR count). The highest BCUT2D eigenvalue weighted by Crippen LogP contribution is 2.34. The van der Waals surface area contributed by atoms with Crippen LogP contribution in [0.3, 0.4) is 0 Å². The number of pyridine rings is 1. The van der Waals surface area contributed by atoms with Crippen LogP contribution in [0.5, 0.6) is 0 Å². The van der Waals surface area contributed by atoms with E-state index in [0.717, 1.165) is 23.1 Å². The number of carbonyl (C=O) groups excluding carboxylic acids is 1. The number of para-hydroxylation sites is 2. The van der Waals surface area contributed by atoms with E-state index in [1.165, 1.54) is 4.31 Å². The number of carbonyl (C=O) groups is 1. The molecule has 2 aliphatic rings. The van der Waals surface area contributed by atoms with Gasteiger partial charge in [-0.05, 0) is 43.0 Å². The smallest absolute Gasteiger partial charge is 0.245 e. The summed E-state index contributed by atoms with van der Waals surface area (Å²) in [4.78, 5) is 19.6. The first-order valence-electron chi connectivity index (χ1n) is 9.82. The quantitative estimate of drug-likeness (QED) is 0.669. The van der Waals surface area contributed by atoms with Gasteiger partial charge in [0.05, 0.1) is 5.52 Å². The van der Waals surface area contributed by atoms with E-state index in [-0.39, 0.29) is 10.8 Å². The molecule has 3 heterocycles. The fourth-order valence-electron chi connectivity index (χ4n) is 4.43. The molecule has 3 aromatic rings. The van der Waals surface area contributed by atoms with E-state index in [0.29, 0.717) is 31.4 Å². The fraction of sp³-hybridized carbons (Fsp3) is 0.273. The number of aromatic nitrogens is 1. The van der Waals surface area contributed by atoms with Gasteiger partial charge in [-0.3, -0.25) is 9.78 Å². The minimum atomic E-state index is -3.84. The van der Waals surface area contributed by atoms with Gasteiger partial charge in [-0.2, -0.15) is 4.31 Å². The van der Waals surface area contributed by atoms with E-state index in [1.54, 1.807) is 29.3 Å². The summed E-state index contributed by atoms with van der Waals surface area (Å²) in [6.45, 7) is 0.940. The summed E-state index contributed by atoms with van der Waals surface area (Å²) in [7, 11) is -3.84. The average molecular weight is 407 g/mol. The van der Waals surface area contributed by atoms with Crippen molar-refractivity contribution >= 4 is 32.5 Å². The number of hydrogen-bond donors (Lipinski definition) is 0. The second kappa shape index (κ2) is 6.93. The Morgan fingerprint density at radius 2 is 1.83 bits per heavy atom. The molecular weight excluding hydrogens is 386 g/mol. The Morgan fingerprint density at radius 3 is 2.72 bits per heavy atom. The molecular formula is C22H21N3O3S. The van der Waals surface area contributed by atoms with Gasteiger partial charge < -0.3 is 4.90 Å². The number of rotatable bonds is 3. The van der Waals surface area contributed by atoms with Crippen LogP contribution in [0.4, 0.5) is 5.69 Å². The van der Waals surface area contributed by atoms with E-state index < -0.39 is 16.1 Å². The number of amides is 1. The average Bonchev–Trinajstić information content (AvgIpc) is 3.40. The van der Waals surface area contributed by atoms with Gasteiger partial charge in [0.25, 0.3) is 0 Å². The largest absolute Gasteiger partial charge is 0.310 e. The third-order valence-corrected chi connectivity index (χ3v) is 7.76. The van der Waals surface area contributed by atoms with Crippen molar-refractivity contribution in [1.29, 1.82) is 0 Å². The van der Waals surface area contributed by atoms with E-state index in [9.17, 15) is 13.2 Å². The van der Waals surface area contributed by atoms with Crippen molar-refractivity contribution in [2.45, 2.75) is 30.2 Å². The van der Waals surface area contributed by atoms with Crippen molar-refractivity contribution in [2.75, 3.05) is 18.0 Å². The van der Waals surface area contributed by atoms with Crippen LogP contribution in [0.1, 0.15) is 18.4 Å². The predicted octanol–water partition coefficient (Wildman–Crippen LogP) is 2.98. The fourth-order valence-corrected chi connectivity index (χ4v) is 6.25. The van der Waals surface area contributed by atoms with Crippen LogP contribution in [0, 0.1) is 0 Å². The van der Waals surface area contributed by atoms with Crippen molar-refractivity contribution in [3.8, 4) is 0 Å². The van der Waals surface area contributed by atoms with Crippen LogP contribution in [0.25, 0.3) is 10.9 Å². The Hall–Kier alpha value is -2.77. The SMILES string of the molecule is O=C([C@@H]1CCCN1S(=O)(=O)c1cccc2cccnc12)N1CCc2ccccc21. The molecule has 29 heavy (non-hydrogen) atoms. The Balaban J connectivity index is 1.51. The van der Waals surface area contributed by atoms with Gasteiger partial charge in [-0.1, -0.05) is 36.4 Å².